The van der Waals surface area contributed by atoms with Crippen LogP contribution < -0.4 is 16.0 Å². The maximum atomic E-state index is 14.5. The number of amides is 3. The smallest absolute Gasteiger partial charge is 0.344 e. The largest absolute Gasteiger partial charge is 0.405 e. The van der Waals surface area contributed by atoms with Gasteiger partial charge in [-0.3, -0.25) is 19.2 Å². The van der Waals surface area contributed by atoms with Gasteiger partial charge in [-0.2, -0.15) is 22.0 Å². The highest BCUT2D eigenvalue weighted by Gasteiger charge is 2.52. The van der Waals surface area contributed by atoms with E-state index in [0.717, 1.165) is 11.4 Å². The van der Waals surface area contributed by atoms with Crippen LogP contribution in [0.15, 0.2) is 54.6 Å². The van der Waals surface area contributed by atoms with Crippen molar-refractivity contribution < 1.29 is 41.1 Å². The van der Waals surface area contributed by atoms with Gasteiger partial charge in [0.15, 0.2) is 0 Å². The lowest BCUT2D eigenvalue weighted by Crippen LogP contribution is -2.59. The lowest BCUT2D eigenvalue weighted by molar-refractivity contribution is -0.165. The van der Waals surface area contributed by atoms with Crippen molar-refractivity contribution in [2.75, 3.05) is 6.54 Å². The molecule has 2 atom stereocenters. The van der Waals surface area contributed by atoms with Gasteiger partial charge < -0.3 is 16.0 Å². The summed E-state index contributed by atoms with van der Waals surface area (Å²) in [5, 5.41) is 6.08. The van der Waals surface area contributed by atoms with Gasteiger partial charge in [-0.25, -0.2) is 0 Å². The van der Waals surface area contributed by atoms with Crippen LogP contribution in [-0.2, 0) is 25.6 Å². The molecule has 0 spiro atoms. The summed E-state index contributed by atoms with van der Waals surface area (Å²) < 4.78 is 66.2. The Morgan fingerprint density at radius 3 is 2.10 bits per heavy atom. The van der Waals surface area contributed by atoms with Crippen LogP contribution in [0.25, 0.3) is 6.08 Å². The van der Waals surface area contributed by atoms with Gasteiger partial charge in [-0.15, -0.1) is 0 Å². The van der Waals surface area contributed by atoms with Crippen LogP contribution >= 0.6 is 23.2 Å². The first-order valence-corrected chi connectivity index (χ1v) is 12.8. The maximum Gasteiger partial charge on any atom is 0.405 e. The summed E-state index contributed by atoms with van der Waals surface area (Å²) >= 11 is 11.8. The molecule has 2 aromatic rings. The zero-order chi connectivity index (χ0) is 31.0. The molecule has 0 aliphatic heterocycles. The van der Waals surface area contributed by atoms with Gasteiger partial charge >= 0.3 is 12.1 Å². The fourth-order valence-corrected chi connectivity index (χ4v) is 3.76. The summed E-state index contributed by atoms with van der Waals surface area (Å²) in [6.45, 7) is 0.503. The Morgan fingerprint density at radius 2 is 1.54 bits per heavy atom. The fraction of sp³-hybridized carbons (Fsp3) is 0.333. The Morgan fingerprint density at radius 1 is 0.902 bits per heavy atom. The van der Waals surface area contributed by atoms with E-state index in [9.17, 15) is 41.1 Å². The van der Waals surface area contributed by atoms with Crippen molar-refractivity contribution in [1.82, 2.24) is 16.0 Å². The number of carbonyl (C=O) groups is 4. The number of Topliss-reactive ketones (excluding diaryl/α,β-unsaturated/α-hetero) is 1. The molecule has 0 aromatic heterocycles. The standard InChI is InChI=1S/C27H26Cl2F5N3O4/c1-15(2)22(23(39)27(33,34)25(41)35-14-26(30,31)32)37-24(40)20(13-16-6-4-3-5-7-16)36-21(38)11-9-17-8-10-18(28)19(29)12-17/h3-12,15,20,22H,13-14H2,1-2H3,(H,35,41)(H,36,38)(H,37,40)/b11-9+/t20-,22-/m0/s1. The summed E-state index contributed by atoms with van der Waals surface area (Å²) in [6.07, 6.45) is -2.62. The first kappa shape index (κ1) is 33.7. The molecule has 2 aromatic carbocycles. The second-order valence-corrected chi connectivity index (χ2v) is 10.0. The molecule has 0 unspecified atom stereocenters. The van der Waals surface area contributed by atoms with E-state index >= 15 is 0 Å². The second kappa shape index (κ2) is 14.4. The molecule has 14 heteroatoms. The van der Waals surface area contributed by atoms with Crippen LogP contribution in [0.5, 0.6) is 0 Å². The third-order valence-corrected chi connectivity index (χ3v) is 6.32. The Bertz CT molecular complexity index is 1290. The fourth-order valence-electron chi connectivity index (χ4n) is 3.45. The van der Waals surface area contributed by atoms with Crippen molar-refractivity contribution in [2.45, 2.75) is 44.5 Å². The van der Waals surface area contributed by atoms with E-state index in [2.05, 4.69) is 10.6 Å². The molecular weight excluding hydrogens is 596 g/mol. The van der Waals surface area contributed by atoms with Gasteiger partial charge in [0.1, 0.15) is 12.6 Å². The number of nitrogens with one attached hydrogen (secondary N) is 3. The van der Waals surface area contributed by atoms with E-state index in [1.165, 1.54) is 32.1 Å². The van der Waals surface area contributed by atoms with E-state index in [1.807, 2.05) is 0 Å². The summed E-state index contributed by atoms with van der Waals surface area (Å²) in [6, 6.07) is 9.55. The average Bonchev–Trinajstić information content (AvgIpc) is 2.90. The van der Waals surface area contributed by atoms with E-state index in [1.54, 1.807) is 36.4 Å². The van der Waals surface area contributed by atoms with Crippen molar-refractivity contribution in [3.8, 4) is 0 Å². The Balaban J connectivity index is 2.25. The number of rotatable bonds is 12. The Kier molecular flexibility index (Phi) is 11.8. The minimum Gasteiger partial charge on any atom is -0.344 e. The Hall–Kier alpha value is -3.51. The van der Waals surface area contributed by atoms with Crippen molar-refractivity contribution in [2.24, 2.45) is 5.92 Å². The molecule has 0 saturated carbocycles. The quantitative estimate of drug-likeness (QED) is 0.181. The molecular formula is C27H26Cl2F5N3O4. The predicted octanol–water partition coefficient (Wildman–Crippen LogP) is 4.76. The topological polar surface area (TPSA) is 104 Å². The van der Waals surface area contributed by atoms with Crippen LogP contribution in [0.1, 0.15) is 25.0 Å². The molecule has 7 nitrogen and oxygen atoms in total. The Labute approximate surface area is 242 Å². The number of carbonyl (C=O) groups excluding carboxylic acids is 4. The van der Waals surface area contributed by atoms with Gasteiger partial charge in [0.2, 0.25) is 17.6 Å². The summed E-state index contributed by atoms with van der Waals surface area (Å²) in [5.74, 6) is -12.2. The molecule has 0 aliphatic carbocycles. The third kappa shape index (κ3) is 10.4. The van der Waals surface area contributed by atoms with Gasteiger partial charge in [0, 0.05) is 12.5 Å². The number of benzene rings is 2. The minimum absolute atomic E-state index is 0.111. The number of alkyl halides is 5. The predicted molar refractivity (Wildman–Crippen MR) is 143 cm³/mol. The summed E-state index contributed by atoms with van der Waals surface area (Å²) in [5.41, 5.74) is 1.08. The lowest BCUT2D eigenvalue weighted by atomic mass is 9.94. The van der Waals surface area contributed by atoms with E-state index < -0.39 is 60.1 Å². The summed E-state index contributed by atoms with van der Waals surface area (Å²) in [7, 11) is 0. The molecule has 2 rings (SSSR count). The number of hydrogen-bond acceptors (Lipinski definition) is 4. The van der Waals surface area contributed by atoms with E-state index in [4.69, 9.17) is 23.2 Å². The van der Waals surface area contributed by atoms with Crippen molar-refractivity contribution in [3.63, 3.8) is 0 Å². The monoisotopic (exact) mass is 621 g/mol. The molecule has 3 amide bonds. The maximum absolute atomic E-state index is 14.5. The first-order valence-electron chi connectivity index (χ1n) is 12.1. The molecule has 41 heavy (non-hydrogen) atoms. The highest BCUT2D eigenvalue weighted by Crippen LogP contribution is 2.24. The second-order valence-electron chi connectivity index (χ2n) is 9.22. The normalized spacial score (nSPS) is 13.5. The SMILES string of the molecule is CC(C)[C@H](NC(=O)[C@H](Cc1ccccc1)NC(=O)/C=C/c1ccc(Cl)c(Cl)c1)C(=O)C(F)(F)C(=O)NCC(F)(F)F. The molecule has 0 heterocycles. The van der Waals surface area contributed by atoms with E-state index in [-0.39, 0.29) is 11.4 Å². The van der Waals surface area contributed by atoms with Gasteiger partial charge in [0.05, 0.1) is 16.1 Å². The molecule has 0 saturated heterocycles. The van der Waals surface area contributed by atoms with Gasteiger partial charge in [0.25, 0.3) is 5.91 Å². The summed E-state index contributed by atoms with van der Waals surface area (Å²) in [4.78, 5) is 50.2. The van der Waals surface area contributed by atoms with Crippen LogP contribution in [0, 0.1) is 5.92 Å². The lowest BCUT2D eigenvalue weighted by Gasteiger charge is -2.27. The molecule has 0 bridgehead atoms. The van der Waals surface area contributed by atoms with Crippen molar-refractivity contribution >= 4 is 52.8 Å². The van der Waals surface area contributed by atoms with E-state index in [0.29, 0.717) is 16.1 Å². The highest BCUT2D eigenvalue weighted by atomic mass is 35.5. The van der Waals surface area contributed by atoms with Gasteiger partial charge in [-0.1, -0.05) is 73.4 Å². The molecule has 3 N–H and O–H groups in total. The zero-order valence-electron chi connectivity index (χ0n) is 21.7. The van der Waals surface area contributed by atoms with Crippen molar-refractivity contribution in [3.05, 3.63) is 75.8 Å². The van der Waals surface area contributed by atoms with Gasteiger partial charge in [-0.05, 0) is 35.3 Å². The average molecular weight is 622 g/mol. The third-order valence-electron chi connectivity index (χ3n) is 5.58. The van der Waals surface area contributed by atoms with Crippen LogP contribution in [0.3, 0.4) is 0 Å². The molecule has 0 radical (unpaired) electrons. The van der Waals surface area contributed by atoms with Crippen LogP contribution in [0.2, 0.25) is 10.0 Å². The van der Waals surface area contributed by atoms with Crippen molar-refractivity contribution in [1.29, 1.82) is 0 Å². The molecule has 0 fully saturated rings. The highest BCUT2D eigenvalue weighted by molar-refractivity contribution is 6.42. The molecule has 222 valence electrons. The van der Waals surface area contributed by atoms with Crippen LogP contribution in [-0.4, -0.2) is 54.2 Å². The number of ketones is 1. The minimum atomic E-state index is -4.99. The number of hydrogen-bond donors (Lipinski definition) is 3. The first-order chi connectivity index (χ1) is 19.0. The molecule has 0 aliphatic rings. The number of halogens is 7. The van der Waals surface area contributed by atoms with Crippen LogP contribution in [0.4, 0.5) is 22.0 Å². The zero-order valence-corrected chi connectivity index (χ0v) is 23.2.